The number of hydrogen-bond donors (Lipinski definition) is 1. The molecule has 25 heavy (non-hydrogen) atoms. The number of aryl methyl sites for hydroxylation is 1. The minimum atomic E-state index is 0.0436. The molecule has 0 atom stereocenters. The Hall–Kier alpha value is -1.85. The third-order valence-corrected chi connectivity index (χ3v) is 6.26. The Kier molecular flexibility index (Phi) is 6.10. The molecule has 0 aliphatic rings. The SMILES string of the molecule is CC(C)CSc1nc2ccc(NC(=O)CCc3ccccc3)cc2s1. The van der Waals surface area contributed by atoms with Gasteiger partial charge in [-0.2, -0.15) is 0 Å². The van der Waals surface area contributed by atoms with E-state index in [-0.39, 0.29) is 5.91 Å². The number of fused-ring (bicyclic) bond motifs is 1. The Balaban J connectivity index is 1.60. The molecule has 2 aromatic carbocycles. The van der Waals surface area contributed by atoms with Crippen LogP contribution in [0, 0.1) is 5.92 Å². The number of thiazole rings is 1. The van der Waals surface area contributed by atoms with Crippen molar-refractivity contribution in [3.8, 4) is 0 Å². The quantitative estimate of drug-likeness (QED) is 0.549. The van der Waals surface area contributed by atoms with Gasteiger partial charge in [-0.25, -0.2) is 4.98 Å². The van der Waals surface area contributed by atoms with E-state index in [9.17, 15) is 4.79 Å². The highest BCUT2D eigenvalue weighted by molar-refractivity contribution is 8.01. The van der Waals surface area contributed by atoms with Crippen LogP contribution in [0.25, 0.3) is 10.2 Å². The number of amides is 1. The van der Waals surface area contributed by atoms with Crippen LogP contribution in [0.5, 0.6) is 0 Å². The first-order valence-corrected chi connectivity index (χ1v) is 10.3. The maximum absolute atomic E-state index is 12.2. The fourth-order valence-corrected chi connectivity index (χ4v) is 4.49. The van der Waals surface area contributed by atoms with E-state index < -0.39 is 0 Å². The Morgan fingerprint density at radius 3 is 2.76 bits per heavy atom. The summed E-state index contributed by atoms with van der Waals surface area (Å²) in [7, 11) is 0. The van der Waals surface area contributed by atoms with E-state index >= 15 is 0 Å². The van der Waals surface area contributed by atoms with Gasteiger partial charge in [-0.3, -0.25) is 4.79 Å². The fraction of sp³-hybridized carbons (Fsp3) is 0.300. The number of anilines is 1. The Labute approximate surface area is 156 Å². The zero-order chi connectivity index (χ0) is 17.6. The smallest absolute Gasteiger partial charge is 0.224 e. The van der Waals surface area contributed by atoms with E-state index in [0.717, 1.165) is 32.4 Å². The van der Waals surface area contributed by atoms with E-state index in [2.05, 4.69) is 24.1 Å². The predicted octanol–water partition coefficient (Wildman–Crippen LogP) is 5.62. The molecule has 1 N–H and O–H groups in total. The number of carbonyl (C=O) groups is 1. The lowest BCUT2D eigenvalue weighted by Crippen LogP contribution is -2.12. The lowest BCUT2D eigenvalue weighted by molar-refractivity contribution is -0.116. The second kappa shape index (κ2) is 8.50. The third kappa shape index (κ3) is 5.31. The second-order valence-electron chi connectivity index (χ2n) is 6.40. The fourth-order valence-electron chi connectivity index (χ4n) is 2.41. The zero-order valence-corrected chi connectivity index (χ0v) is 16.1. The zero-order valence-electron chi connectivity index (χ0n) is 14.5. The highest BCUT2D eigenvalue weighted by Gasteiger charge is 2.08. The van der Waals surface area contributed by atoms with Gasteiger partial charge in [0.05, 0.1) is 10.2 Å². The maximum Gasteiger partial charge on any atom is 0.224 e. The van der Waals surface area contributed by atoms with Crippen molar-refractivity contribution in [3.05, 3.63) is 54.1 Å². The first-order valence-electron chi connectivity index (χ1n) is 8.47. The molecular weight excluding hydrogens is 348 g/mol. The van der Waals surface area contributed by atoms with Crippen LogP contribution >= 0.6 is 23.1 Å². The minimum Gasteiger partial charge on any atom is -0.326 e. The molecule has 0 saturated heterocycles. The lowest BCUT2D eigenvalue weighted by atomic mass is 10.1. The number of benzene rings is 2. The highest BCUT2D eigenvalue weighted by atomic mass is 32.2. The average Bonchev–Trinajstić information content (AvgIpc) is 3.01. The summed E-state index contributed by atoms with van der Waals surface area (Å²) in [5, 5.41) is 3.00. The molecule has 1 aromatic heterocycles. The number of nitrogens with one attached hydrogen (secondary N) is 1. The maximum atomic E-state index is 12.2. The summed E-state index contributed by atoms with van der Waals surface area (Å²) < 4.78 is 2.21. The summed E-state index contributed by atoms with van der Waals surface area (Å²) >= 11 is 3.49. The number of thioether (sulfide) groups is 1. The van der Waals surface area contributed by atoms with Crippen LogP contribution in [-0.4, -0.2) is 16.6 Å². The Morgan fingerprint density at radius 2 is 2.00 bits per heavy atom. The predicted molar refractivity (Wildman–Crippen MR) is 109 cm³/mol. The van der Waals surface area contributed by atoms with E-state index in [1.165, 1.54) is 5.56 Å². The molecule has 0 aliphatic heterocycles. The van der Waals surface area contributed by atoms with Crippen molar-refractivity contribution in [1.82, 2.24) is 4.98 Å². The molecule has 0 spiro atoms. The van der Waals surface area contributed by atoms with Crippen LogP contribution in [0.2, 0.25) is 0 Å². The third-order valence-electron chi connectivity index (χ3n) is 3.68. The molecule has 0 bridgehead atoms. The Morgan fingerprint density at radius 1 is 1.20 bits per heavy atom. The van der Waals surface area contributed by atoms with Gasteiger partial charge < -0.3 is 5.32 Å². The standard InChI is InChI=1S/C20H22N2OS2/c1-14(2)13-24-20-22-17-10-9-16(12-18(17)25-20)21-19(23)11-8-15-6-4-3-5-7-15/h3-7,9-10,12,14H,8,11,13H2,1-2H3,(H,21,23). The molecule has 0 aliphatic carbocycles. The molecule has 3 rings (SSSR count). The van der Waals surface area contributed by atoms with Gasteiger partial charge in [-0.1, -0.05) is 55.9 Å². The van der Waals surface area contributed by atoms with Gasteiger partial charge in [0.2, 0.25) is 5.91 Å². The molecule has 130 valence electrons. The number of rotatable bonds is 7. The van der Waals surface area contributed by atoms with Crippen LogP contribution in [0.4, 0.5) is 5.69 Å². The number of carbonyl (C=O) groups excluding carboxylic acids is 1. The van der Waals surface area contributed by atoms with Crippen molar-refractivity contribution in [3.63, 3.8) is 0 Å². The number of aromatic nitrogens is 1. The molecule has 0 unspecified atom stereocenters. The molecule has 3 aromatic rings. The normalized spacial score (nSPS) is 11.2. The monoisotopic (exact) mass is 370 g/mol. The van der Waals surface area contributed by atoms with Gasteiger partial charge in [-0.15, -0.1) is 11.3 Å². The average molecular weight is 371 g/mol. The van der Waals surface area contributed by atoms with Crippen LogP contribution in [0.15, 0.2) is 52.9 Å². The van der Waals surface area contributed by atoms with Gasteiger partial charge in [-0.05, 0) is 36.1 Å². The largest absolute Gasteiger partial charge is 0.326 e. The van der Waals surface area contributed by atoms with Gasteiger partial charge in [0, 0.05) is 17.9 Å². The molecule has 5 heteroatoms. The summed E-state index contributed by atoms with van der Waals surface area (Å²) in [6, 6.07) is 16.0. The van der Waals surface area contributed by atoms with Crippen molar-refractivity contribution in [2.75, 3.05) is 11.1 Å². The van der Waals surface area contributed by atoms with Crippen molar-refractivity contribution >= 4 is 44.9 Å². The molecule has 0 saturated carbocycles. The second-order valence-corrected chi connectivity index (χ2v) is 8.70. The minimum absolute atomic E-state index is 0.0436. The summed E-state index contributed by atoms with van der Waals surface area (Å²) in [4.78, 5) is 16.8. The number of hydrogen-bond acceptors (Lipinski definition) is 4. The molecule has 1 amide bonds. The molecule has 3 nitrogen and oxygen atoms in total. The summed E-state index contributed by atoms with van der Waals surface area (Å²) in [6.45, 7) is 4.42. The summed E-state index contributed by atoms with van der Waals surface area (Å²) in [6.07, 6.45) is 1.24. The molecule has 0 fully saturated rings. The first kappa shape index (κ1) is 18.0. The van der Waals surface area contributed by atoms with Crippen molar-refractivity contribution in [1.29, 1.82) is 0 Å². The van der Waals surface area contributed by atoms with Gasteiger partial charge >= 0.3 is 0 Å². The van der Waals surface area contributed by atoms with Crippen LogP contribution in [-0.2, 0) is 11.2 Å². The van der Waals surface area contributed by atoms with E-state index in [0.29, 0.717) is 12.3 Å². The number of nitrogens with zero attached hydrogens (tertiary/aromatic N) is 1. The topological polar surface area (TPSA) is 42.0 Å². The van der Waals surface area contributed by atoms with Crippen molar-refractivity contribution < 1.29 is 4.79 Å². The van der Waals surface area contributed by atoms with E-state index in [4.69, 9.17) is 0 Å². The van der Waals surface area contributed by atoms with Gasteiger partial charge in [0.15, 0.2) is 4.34 Å². The van der Waals surface area contributed by atoms with E-state index in [1.54, 1.807) is 23.1 Å². The Bertz CT molecular complexity index is 843. The van der Waals surface area contributed by atoms with Crippen molar-refractivity contribution in [2.24, 2.45) is 5.92 Å². The van der Waals surface area contributed by atoms with Crippen LogP contribution in [0.1, 0.15) is 25.8 Å². The first-order chi connectivity index (χ1) is 12.1. The summed E-state index contributed by atoms with van der Waals surface area (Å²) in [5.41, 5.74) is 3.02. The highest BCUT2D eigenvalue weighted by Crippen LogP contribution is 2.32. The van der Waals surface area contributed by atoms with Crippen LogP contribution in [0.3, 0.4) is 0 Å². The van der Waals surface area contributed by atoms with Crippen molar-refractivity contribution in [2.45, 2.75) is 31.0 Å². The molecule has 0 radical (unpaired) electrons. The summed E-state index contributed by atoms with van der Waals surface area (Å²) in [5.74, 6) is 1.77. The van der Waals surface area contributed by atoms with E-state index in [1.807, 2.05) is 48.5 Å². The molecule has 1 heterocycles. The molecular formula is C20H22N2OS2. The van der Waals surface area contributed by atoms with Gasteiger partial charge in [0.25, 0.3) is 0 Å². The van der Waals surface area contributed by atoms with Gasteiger partial charge in [0.1, 0.15) is 0 Å². The van der Waals surface area contributed by atoms with Crippen LogP contribution < -0.4 is 5.32 Å². The lowest BCUT2D eigenvalue weighted by Gasteiger charge is -2.05.